The molecule has 0 atom stereocenters. The molecule has 0 bridgehead atoms. The molecule has 1 rings (SSSR count). The number of carbonyl (C=O) groups is 1. The Balaban J connectivity index is 2.96. The summed E-state index contributed by atoms with van der Waals surface area (Å²) in [5.74, 6) is 0.174. The minimum absolute atomic E-state index is 0.134. The van der Waals surface area contributed by atoms with Crippen molar-refractivity contribution in [2.75, 3.05) is 17.3 Å². The van der Waals surface area contributed by atoms with Crippen LogP contribution in [0.15, 0.2) is 29.2 Å². The minimum Gasteiger partial charge on any atom is -0.325 e. The fourth-order valence-corrected chi connectivity index (χ4v) is 3.33. The minimum atomic E-state index is -3.60. The first kappa shape index (κ1) is 17.0. The van der Waals surface area contributed by atoms with Crippen LogP contribution in [0.3, 0.4) is 0 Å². The van der Waals surface area contributed by atoms with Crippen LogP contribution in [0.4, 0.5) is 5.69 Å². The largest absolute Gasteiger partial charge is 0.325 e. The zero-order valence-corrected chi connectivity index (χ0v) is 13.7. The number of thioether (sulfide) groups is 1. The maximum absolute atomic E-state index is 12.2. The average Bonchev–Trinajstić information content (AvgIpc) is 2.26. The van der Waals surface area contributed by atoms with Crippen LogP contribution in [0.2, 0.25) is 0 Å². The van der Waals surface area contributed by atoms with E-state index in [0.29, 0.717) is 11.4 Å². The van der Waals surface area contributed by atoms with E-state index in [2.05, 4.69) is 10.0 Å². The Kier molecular flexibility index (Phi) is 5.61. The van der Waals surface area contributed by atoms with Gasteiger partial charge in [-0.05, 0) is 45.2 Å². The number of sulfonamides is 1. The fourth-order valence-electron chi connectivity index (χ4n) is 1.53. The number of amides is 1. The first-order valence-corrected chi connectivity index (χ1v) is 8.94. The molecule has 0 aliphatic carbocycles. The van der Waals surface area contributed by atoms with Crippen molar-refractivity contribution in [3.8, 4) is 0 Å². The second-order valence-electron chi connectivity index (χ2n) is 5.36. The summed E-state index contributed by atoms with van der Waals surface area (Å²) in [7, 11) is -3.60. The summed E-state index contributed by atoms with van der Waals surface area (Å²) in [6.07, 6.45) is 1.83. The van der Waals surface area contributed by atoms with Gasteiger partial charge in [0, 0.05) is 11.2 Å². The van der Waals surface area contributed by atoms with Crippen molar-refractivity contribution in [1.82, 2.24) is 4.72 Å². The molecular formula is C13H20N2O3S2. The number of hydrogen-bond acceptors (Lipinski definition) is 4. The van der Waals surface area contributed by atoms with Crippen molar-refractivity contribution >= 4 is 33.4 Å². The van der Waals surface area contributed by atoms with E-state index in [1.807, 2.05) is 6.26 Å². The van der Waals surface area contributed by atoms with Crippen molar-refractivity contribution in [3.05, 3.63) is 24.3 Å². The molecule has 1 aromatic carbocycles. The van der Waals surface area contributed by atoms with Crippen molar-refractivity contribution in [1.29, 1.82) is 0 Å². The van der Waals surface area contributed by atoms with E-state index in [1.165, 1.54) is 23.9 Å². The fraction of sp³-hybridized carbons (Fsp3) is 0.462. The highest BCUT2D eigenvalue weighted by atomic mass is 32.2. The molecule has 0 saturated carbocycles. The molecule has 0 radical (unpaired) electrons. The van der Waals surface area contributed by atoms with Crippen LogP contribution in [-0.4, -0.2) is 31.9 Å². The van der Waals surface area contributed by atoms with Gasteiger partial charge in [0.2, 0.25) is 15.9 Å². The van der Waals surface area contributed by atoms with Crippen LogP contribution in [0.1, 0.15) is 20.8 Å². The number of benzene rings is 1. The average molecular weight is 316 g/mol. The molecule has 20 heavy (non-hydrogen) atoms. The lowest BCUT2D eigenvalue weighted by Crippen LogP contribution is -2.40. The van der Waals surface area contributed by atoms with Crippen LogP contribution in [0.25, 0.3) is 0 Å². The maximum atomic E-state index is 12.2. The topological polar surface area (TPSA) is 75.3 Å². The highest BCUT2D eigenvalue weighted by Crippen LogP contribution is 2.17. The van der Waals surface area contributed by atoms with Crippen molar-refractivity contribution in [2.45, 2.75) is 31.2 Å². The van der Waals surface area contributed by atoms with E-state index in [9.17, 15) is 13.2 Å². The lowest BCUT2D eigenvalue weighted by molar-refractivity contribution is -0.113. The van der Waals surface area contributed by atoms with Gasteiger partial charge in [-0.3, -0.25) is 4.79 Å². The standard InChI is InChI=1S/C13H20N2O3S2/c1-13(2,3)15-20(17,18)11-7-5-6-10(8-11)14-12(16)9-19-4/h5-8,15H,9H2,1-4H3,(H,14,16). The molecule has 0 heterocycles. The molecule has 0 aromatic heterocycles. The highest BCUT2D eigenvalue weighted by Gasteiger charge is 2.22. The van der Waals surface area contributed by atoms with Gasteiger partial charge in [-0.15, -0.1) is 0 Å². The molecule has 1 amide bonds. The van der Waals surface area contributed by atoms with Crippen LogP contribution >= 0.6 is 11.8 Å². The summed E-state index contributed by atoms with van der Waals surface area (Å²) in [5.41, 5.74) is -0.0856. The number of nitrogens with one attached hydrogen (secondary N) is 2. The zero-order valence-electron chi connectivity index (χ0n) is 12.1. The van der Waals surface area contributed by atoms with Crippen LogP contribution < -0.4 is 10.0 Å². The Hall–Kier alpha value is -1.05. The van der Waals surface area contributed by atoms with Gasteiger partial charge in [0.1, 0.15) is 0 Å². The summed E-state index contributed by atoms with van der Waals surface area (Å²) < 4.78 is 26.9. The van der Waals surface area contributed by atoms with Gasteiger partial charge in [0.25, 0.3) is 0 Å². The Morgan fingerprint density at radius 2 is 1.95 bits per heavy atom. The second-order valence-corrected chi connectivity index (χ2v) is 7.91. The predicted octanol–water partition coefficient (Wildman–Crippen LogP) is 2.06. The molecular weight excluding hydrogens is 296 g/mol. The number of carbonyl (C=O) groups excluding carboxylic acids is 1. The van der Waals surface area contributed by atoms with Crippen molar-refractivity contribution in [3.63, 3.8) is 0 Å². The monoisotopic (exact) mass is 316 g/mol. The lowest BCUT2D eigenvalue weighted by atomic mass is 10.1. The van der Waals surface area contributed by atoms with Crippen LogP contribution in [-0.2, 0) is 14.8 Å². The molecule has 1 aromatic rings. The van der Waals surface area contributed by atoms with Gasteiger partial charge in [0.15, 0.2) is 0 Å². The van der Waals surface area contributed by atoms with Gasteiger partial charge in [-0.25, -0.2) is 13.1 Å². The summed E-state index contributed by atoms with van der Waals surface area (Å²) in [6.45, 7) is 5.32. The third kappa shape index (κ3) is 5.52. The van der Waals surface area contributed by atoms with Gasteiger partial charge >= 0.3 is 0 Å². The third-order valence-electron chi connectivity index (χ3n) is 2.14. The highest BCUT2D eigenvalue weighted by molar-refractivity contribution is 7.99. The van der Waals surface area contributed by atoms with E-state index in [0.717, 1.165) is 0 Å². The summed E-state index contributed by atoms with van der Waals surface area (Å²) >= 11 is 1.40. The Labute approximate surface area is 124 Å². The van der Waals surface area contributed by atoms with Gasteiger partial charge in [0.05, 0.1) is 10.6 Å². The molecule has 0 saturated heterocycles. The SMILES string of the molecule is CSCC(=O)Nc1cccc(S(=O)(=O)NC(C)(C)C)c1. The molecule has 0 spiro atoms. The van der Waals surface area contributed by atoms with Crippen molar-refractivity contribution in [2.24, 2.45) is 0 Å². The Morgan fingerprint density at radius 3 is 2.50 bits per heavy atom. The molecule has 0 aliphatic heterocycles. The van der Waals surface area contributed by atoms with Gasteiger partial charge in [-0.1, -0.05) is 6.07 Å². The molecule has 0 unspecified atom stereocenters. The summed E-state index contributed by atoms with van der Waals surface area (Å²) in [4.78, 5) is 11.6. The molecule has 0 aliphatic rings. The van der Waals surface area contributed by atoms with E-state index in [4.69, 9.17) is 0 Å². The van der Waals surface area contributed by atoms with E-state index < -0.39 is 15.6 Å². The van der Waals surface area contributed by atoms with Crippen LogP contribution in [0, 0.1) is 0 Å². The quantitative estimate of drug-likeness (QED) is 0.872. The molecule has 2 N–H and O–H groups in total. The summed E-state index contributed by atoms with van der Waals surface area (Å²) in [5, 5.41) is 2.67. The lowest BCUT2D eigenvalue weighted by Gasteiger charge is -2.20. The van der Waals surface area contributed by atoms with Gasteiger partial charge < -0.3 is 5.32 Å². The normalized spacial score (nSPS) is 12.2. The maximum Gasteiger partial charge on any atom is 0.241 e. The van der Waals surface area contributed by atoms with E-state index >= 15 is 0 Å². The third-order valence-corrected chi connectivity index (χ3v) is 4.45. The number of anilines is 1. The Morgan fingerprint density at radius 1 is 1.30 bits per heavy atom. The van der Waals surface area contributed by atoms with E-state index in [1.54, 1.807) is 32.9 Å². The predicted molar refractivity (Wildman–Crippen MR) is 83.5 cm³/mol. The van der Waals surface area contributed by atoms with Crippen molar-refractivity contribution < 1.29 is 13.2 Å². The number of hydrogen-bond donors (Lipinski definition) is 2. The first-order chi connectivity index (χ1) is 9.14. The number of rotatable bonds is 5. The molecule has 7 heteroatoms. The smallest absolute Gasteiger partial charge is 0.241 e. The molecule has 112 valence electrons. The second kappa shape index (κ2) is 6.60. The molecule has 0 fully saturated rings. The first-order valence-electron chi connectivity index (χ1n) is 6.07. The Bertz CT molecular complexity index is 578. The summed E-state index contributed by atoms with van der Waals surface area (Å²) in [6, 6.07) is 6.21. The van der Waals surface area contributed by atoms with E-state index in [-0.39, 0.29) is 10.8 Å². The zero-order chi connectivity index (χ0) is 15.4. The van der Waals surface area contributed by atoms with Crippen LogP contribution in [0.5, 0.6) is 0 Å². The molecule has 5 nitrogen and oxygen atoms in total. The van der Waals surface area contributed by atoms with Gasteiger partial charge in [-0.2, -0.15) is 11.8 Å².